The maximum Gasteiger partial charge on any atom is 0.253 e. The summed E-state index contributed by atoms with van der Waals surface area (Å²) in [6.45, 7) is 3.19. The fraction of sp³-hybridized carbons (Fsp3) is 0.462. The van der Waals surface area contributed by atoms with Crippen LogP contribution in [0.15, 0.2) is 24.3 Å². The molecule has 1 aromatic carbocycles. The van der Waals surface area contributed by atoms with E-state index in [0.717, 1.165) is 24.9 Å². The molecule has 1 heterocycles. The first-order valence-corrected chi connectivity index (χ1v) is 5.71. The molecule has 1 fully saturated rings. The van der Waals surface area contributed by atoms with Crippen LogP contribution >= 0.6 is 0 Å². The van der Waals surface area contributed by atoms with Gasteiger partial charge in [-0.05, 0) is 31.9 Å². The highest BCUT2D eigenvalue weighted by atomic mass is 16.3. The first-order valence-electron chi connectivity index (χ1n) is 5.71. The standard InChI is InChI=1S/C13H17NO2/c1-10-4-2-5-11(8-10)13(16)14-7-3-6-12(15)9-14/h2,4-5,8,12,15H,3,6-7,9H2,1H3. The second-order valence-electron chi connectivity index (χ2n) is 4.42. The zero-order chi connectivity index (χ0) is 11.5. The topological polar surface area (TPSA) is 40.5 Å². The third kappa shape index (κ3) is 2.42. The monoisotopic (exact) mass is 219 g/mol. The van der Waals surface area contributed by atoms with E-state index in [0.29, 0.717) is 12.1 Å². The van der Waals surface area contributed by atoms with E-state index >= 15 is 0 Å². The van der Waals surface area contributed by atoms with Crippen LogP contribution in [-0.4, -0.2) is 35.1 Å². The summed E-state index contributed by atoms with van der Waals surface area (Å²) >= 11 is 0. The van der Waals surface area contributed by atoms with Crippen LogP contribution in [0.25, 0.3) is 0 Å². The van der Waals surface area contributed by atoms with Crippen molar-refractivity contribution in [3.05, 3.63) is 35.4 Å². The summed E-state index contributed by atoms with van der Waals surface area (Å²) in [5.74, 6) is 0.0300. The van der Waals surface area contributed by atoms with E-state index < -0.39 is 0 Å². The van der Waals surface area contributed by atoms with E-state index in [1.54, 1.807) is 4.90 Å². The Bertz CT molecular complexity index is 389. The molecule has 0 bridgehead atoms. The SMILES string of the molecule is Cc1cccc(C(=O)N2CCCC(O)C2)c1. The number of nitrogens with zero attached hydrogens (tertiary/aromatic N) is 1. The maximum absolute atomic E-state index is 12.1. The van der Waals surface area contributed by atoms with Crippen molar-refractivity contribution in [2.75, 3.05) is 13.1 Å². The second kappa shape index (κ2) is 4.66. The first-order chi connectivity index (χ1) is 7.66. The van der Waals surface area contributed by atoms with E-state index in [1.165, 1.54) is 0 Å². The molecule has 0 radical (unpaired) electrons. The highest BCUT2D eigenvalue weighted by Crippen LogP contribution is 2.14. The molecule has 16 heavy (non-hydrogen) atoms. The Morgan fingerprint density at radius 1 is 1.50 bits per heavy atom. The average Bonchev–Trinajstić information content (AvgIpc) is 2.28. The lowest BCUT2D eigenvalue weighted by Gasteiger charge is -2.30. The molecule has 3 heteroatoms. The number of carbonyl (C=O) groups is 1. The lowest BCUT2D eigenvalue weighted by atomic mass is 10.1. The Labute approximate surface area is 95.7 Å². The van der Waals surface area contributed by atoms with Gasteiger partial charge < -0.3 is 10.0 Å². The van der Waals surface area contributed by atoms with E-state index in [2.05, 4.69) is 0 Å². The van der Waals surface area contributed by atoms with Gasteiger partial charge in [0, 0.05) is 18.7 Å². The van der Waals surface area contributed by atoms with Crippen molar-refractivity contribution in [2.45, 2.75) is 25.9 Å². The maximum atomic E-state index is 12.1. The van der Waals surface area contributed by atoms with Crippen molar-refractivity contribution < 1.29 is 9.90 Å². The number of hydrogen-bond donors (Lipinski definition) is 1. The van der Waals surface area contributed by atoms with Crippen molar-refractivity contribution in [1.82, 2.24) is 4.90 Å². The number of aryl methyl sites for hydroxylation is 1. The number of aliphatic hydroxyl groups excluding tert-OH is 1. The van der Waals surface area contributed by atoms with Gasteiger partial charge in [-0.3, -0.25) is 4.79 Å². The molecule has 0 aromatic heterocycles. The van der Waals surface area contributed by atoms with Crippen LogP contribution in [0.2, 0.25) is 0 Å². The van der Waals surface area contributed by atoms with Crippen molar-refractivity contribution in [3.8, 4) is 0 Å². The third-order valence-electron chi connectivity index (χ3n) is 2.95. The Hall–Kier alpha value is -1.35. The Kier molecular flexibility index (Phi) is 3.25. The van der Waals surface area contributed by atoms with Crippen LogP contribution in [0.4, 0.5) is 0 Å². The van der Waals surface area contributed by atoms with Crippen LogP contribution in [0.1, 0.15) is 28.8 Å². The predicted molar refractivity (Wildman–Crippen MR) is 62.3 cm³/mol. The van der Waals surface area contributed by atoms with Crippen LogP contribution in [-0.2, 0) is 0 Å². The fourth-order valence-corrected chi connectivity index (χ4v) is 2.10. The molecule has 0 spiro atoms. The predicted octanol–water partition coefficient (Wildman–Crippen LogP) is 1.59. The molecule has 3 nitrogen and oxygen atoms in total. The van der Waals surface area contributed by atoms with Crippen molar-refractivity contribution in [3.63, 3.8) is 0 Å². The molecular weight excluding hydrogens is 202 g/mol. The van der Waals surface area contributed by atoms with Gasteiger partial charge in [0.15, 0.2) is 0 Å². The van der Waals surface area contributed by atoms with Gasteiger partial charge in [0.25, 0.3) is 5.91 Å². The second-order valence-corrected chi connectivity index (χ2v) is 4.42. The zero-order valence-corrected chi connectivity index (χ0v) is 9.52. The molecule has 1 atom stereocenters. The van der Waals surface area contributed by atoms with Gasteiger partial charge in [-0.25, -0.2) is 0 Å². The molecule has 2 rings (SSSR count). The van der Waals surface area contributed by atoms with Gasteiger partial charge in [-0.2, -0.15) is 0 Å². The summed E-state index contributed by atoms with van der Waals surface area (Å²) in [5.41, 5.74) is 1.80. The average molecular weight is 219 g/mol. The van der Waals surface area contributed by atoms with Gasteiger partial charge in [0.05, 0.1) is 6.10 Å². The van der Waals surface area contributed by atoms with Crippen LogP contribution < -0.4 is 0 Å². The largest absolute Gasteiger partial charge is 0.391 e. The Morgan fingerprint density at radius 3 is 3.00 bits per heavy atom. The van der Waals surface area contributed by atoms with Crippen LogP contribution in [0, 0.1) is 6.92 Å². The fourth-order valence-electron chi connectivity index (χ4n) is 2.10. The van der Waals surface area contributed by atoms with E-state index in [4.69, 9.17) is 0 Å². The number of carbonyl (C=O) groups excluding carboxylic acids is 1. The van der Waals surface area contributed by atoms with Crippen molar-refractivity contribution in [1.29, 1.82) is 0 Å². The number of hydrogen-bond acceptors (Lipinski definition) is 2. The summed E-state index contributed by atoms with van der Waals surface area (Å²) in [4.78, 5) is 13.9. The number of likely N-dealkylation sites (tertiary alicyclic amines) is 1. The van der Waals surface area contributed by atoms with Gasteiger partial charge in [0.2, 0.25) is 0 Å². The van der Waals surface area contributed by atoms with Crippen LogP contribution in [0.5, 0.6) is 0 Å². The minimum Gasteiger partial charge on any atom is -0.391 e. The number of amides is 1. The summed E-state index contributed by atoms with van der Waals surface area (Å²) in [6, 6.07) is 7.59. The molecule has 1 amide bonds. The summed E-state index contributed by atoms with van der Waals surface area (Å²) < 4.78 is 0. The minimum absolute atomic E-state index is 0.0300. The number of rotatable bonds is 1. The Morgan fingerprint density at radius 2 is 2.31 bits per heavy atom. The molecule has 1 unspecified atom stereocenters. The quantitative estimate of drug-likeness (QED) is 0.779. The lowest BCUT2D eigenvalue weighted by molar-refractivity contribution is 0.0473. The molecule has 86 valence electrons. The van der Waals surface area contributed by atoms with Crippen molar-refractivity contribution >= 4 is 5.91 Å². The highest BCUT2D eigenvalue weighted by molar-refractivity contribution is 5.94. The molecule has 1 aliphatic rings. The molecule has 1 aromatic rings. The molecule has 1 saturated heterocycles. The molecule has 0 aliphatic carbocycles. The highest BCUT2D eigenvalue weighted by Gasteiger charge is 2.22. The Balaban J connectivity index is 2.12. The van der Waals surface area contributed by atoms with Gasteiger partial charge in [0.1, 0.15) is 0 Å². The minimum atomic E-state index is -0.359. The molecular formula is C13H17NO2. The van der Waals surface area contributed by atoms with Crippen LogP contribution in [0.3, 0.4) is 0 Å². The molecule has 1 N–H and O–H groups in total. The van der Waals surface area contributed by atoms with Gasteiger partial charge in [-0.15, -0.1) is 0 Å². The third-order valence-corrected chi connectivity index (χ3v) is 2.95. The zero-order valence-electron chi connectivity index (χ0n) is 9.52. The van der Waals surface area contributed by atoms with Gasteiger partial charge >= 0.3 is 0 Å². The summed E-state index contributed by atoms with van der Waals surface area (Å²) in [6.07, 6.45) is 1.33. The molecule has 0 saturated carbocycles. The number of β-amino-alcohol motifs (C(OH)–C–C–N with tert-alkyl or cyclic N) is 1. The van der Waals surface area contributed by atoms with E-state index in [1.807, 2.05) is 31.2 Å². The van der Waals surface area contributed by atoms with Crippen molar-refractivity contribution in [2.24, 2.45) is 0 Å². The normalized spacial score (nSPS) is 20.9. The van der Waals surface area contributed by atoms with E-state index in [9.17, 15) is 9.90 Å². The summed E-state index contributed by atoms with van der Waals surface area (Å²) in [7, 11) is 0. The molecule has 1 aliphatic heterocycles. The number of benzene rings is 1. The smallest absolute Gasteiger partial charge is 0.253 e. The number of aliphatic hydroxyl groups is 1. The van der Waals surface area contributed by atoms with Gasteiger partial charge in [-0.1, -0.05) is 17.7 Å². The first kappa shape index (κ1) is 11.1. The summed E-state index contributed by atoms with van der Waals surface area (Å²) in [5, 5.41) is 9.54. The number of piperidine rings is 1. The lowest BCUT2D eigenvalue weighted by Crippen LogP contribution is -2.42. The van der Waals surface area contributed by atoms with E-state index in [-0.39, 0.29) is 12.0 Å².